The van der Waals surface area contributed by atoms with Gasteiger partial charge in [-0.2, -0.15) is 0 Å². The number of rotatable bonds is 3. The number of methoxy groups -OCH3 is 1. The number of nitrogens with two attached hydrogens (primary N) is 1. The van der Waals surface area contributed by atoms with Crippen LogP contribution in [0, 0.1) is 11.2 Å². The van der Waals surface area contributed by atoms with Crippen molar-refractivity contribution in [3.8, 4) is 22.6 Å². The molecule has 2 N–H and O–H groups in total. The first-order valence-electron chi connectivity index (χ1n) is 7.88. The van der Waals surface area contributed by atoms with E-state index in [0.717, 1.165) is 11.1 Å². The molecule has 5 nitrogen and oxygen atoms in total. The highest BCUT2D eigenvalue weighted by Gasteiger charge is 2.40. The molecule has 0 saturated heterocycles. The highest BCUT2D eigenvalue weighted by atomic mass is 19.1. The van der Waals surface area contributed by atoms with E-state index >= 15 is 0 Å². The van der Waals surface area contributed by atoms with Gasteiger partial charge in [-0.05, 0) is 29.3 Å². The van der Waals surface area contributed by atoms with Gasteiger partial charge in [0.1, 0.15) is 11.9 Å². The Balaban J connectivity index is 2.00. The second-order valence-corrected chi connectivity index (χ2v) is 6.70. The van der Waals surface area contributed by atoms with Crippen LogP contribution in [-0.2, 0) is 4.74 Å². The predicted molar refractivity (Wildman–Crippen MR) is 91.1 cm³/mol. The highest BCUT2D eigenvalue weighted by molar-refractivity contribution is 5.68. The number of hydrogen-bond donors (Lipinski definition) is 1. The molecule has 1 unspecified atom stereocenters. The number of fused-ring (bicyclic) bond motifs is 1. The fraction of sp³-hybridized carbons (Fsp3) is 0.316. The summed E-state index contributed by atoms with van der Waals surface area (Å²) >= 11 is 0. The minimum absolute atomic E-state index is 0.189. The summed E-state index contributed by atoms with van der Waals surface area (Å²) in [5, 5.41) is 0. The van der Waals surface area contributed by atoms with Crippen LogP contribution in [-0.4, -0.2) is 19.8 Å². The van der Waals surface area contributed by atoms with Crippen LogP contribution < -0.4 is 15.2 Å². The summed E-state index contributed by atoms with van der Waals surface area (Å²) in [5.41, 5.74) is 7.03. The van der Waals surface area contributed by atoms with E-state index in [0.29, 0.717) is 17.9 Å². The van der Waals surface area contributed by atoms with E-state index in [-0.39, 0.29) is 5.75 Å². The van der Waals surface area contributed by atoms with Crippen molar-refractivity contribution in [2.75, 3.05) is 13.7 Å². The molecule has 0 spiro atoms. The van der Waals surface area contributed by atoms with Crippen LogP contribution in [0.1, 0.15) is 25.5 Å². The summed E-state index contributed by atoms with van der Waals surface area (Å²) in [6.07, 6.45) is -1.33. The van der Waals surface area contributed by atoms with Gasteiger partial charge < -0.3 is 19.9 Å². The number of ether oxygens (including phenoxy) is 3. The summed E-state index contributed by atoms with van der Waals surface area (Å²) in [4.78, 5) is 11.3. The van der Waals surface area contributed by atoms with Crippen LogP contribution in [0.25, 0.3) is 11.1 Å². The van der Waals surface area contributed by atoms with Crippen LogP contribution in [0.15, 0.2) is 36.4 Å². The maximum atomic E-state index is 14.0. The number of hydrogen-bond acceptors (Lipinski definition) is 4. The van der Waals surface area contributed by atoms with Crippen LogP contribution >= 0.6 is 0 Å². The number of primary amides is 1. The largest absolute Gasteiger partial charge is 0.494 e. The molecular formula is C19H20FNO4. The molecular weight excluding hydrogens is 325 g/mol. The van der Waals surface area contributed by atoms with E-state index in [1.54, 1.807) is 12.1 Å². The Morgan fingerprint density at radius 2 is 1.92 bits per heavy atom. The average Bonchev–Trinajstić information content (AvgIpc) is 2.57. The van der Waals surface area contributed by atoms with Gasteiger partial charge in [0, 0.05) is 11.0 Å². The number of carbonyl (C=O) groups is 1. The van der Waals surface area contributed by atoms with Crippen molar-refractivity contribution in [3.63, 3.8) is 0 Å². The first-order chi connectivity index (χ1) is 11.8. The van der Waals surface area contributed by atoms with Gasteiger partial charge in [-0.1, -0.05) is 32.0 Å². The van der Waals surface area contributed by atoms with E-state index in [1.807, 2.05) is 32.0 Å². The van der Waals surface area contributed by atoms with E-state index in [4.69, 9.17) is 19.9 Å². The topological polar surface area (TPSA) is 70.8 Å². The molecule has 2 aromatic rings. The zero-order chi connectivity index (χ0) is 18.2. The van der Waals surface area contributed by atoms with Gasteiger partial charge in [0.2, 0.25) is 0 Å². The van der Waals surface area contributed by atoms with Gasteiger partial charge in [-0.15, -0.1) is 0 Å². The molecule has 132 valence electrons. The zero-order valence-corrected chi connectivity index (χ0v) is 14.3. The first-order valence-corrected chi connectivity index (χ1v) is 7.88. The predicted octanol–water partition coefficient (Wildman–Crippen LogP) is 4.06. The van der Waals surface area contributed by atoms with E-state index in [9.17, 15) is 9.18 Å². The number of amides is 1. The maximum absolute atomic E-state index is 14.0. The van der Waals surface area contributed by atoms with Gasteiger partial charge in [0.15, 0.2) is 11.6 Å². The van der Waals surface area contributed by atoms with Crippen LogP contribution in [0.3, 0.4) is 0 Å². The summed E-state index contributed by atoms with van der Waals surface area (Å²) in [6, 6.07) is 10.2. The van der Waals surface area contributed by atoms with Gasteiger partial charge >= 0.3 is 6.09 Å². The molecule has 0 fully saturated rings. The molecule has 0 radical (unpaired) electrons. The normalized spacial score (nSPS) is 18.0. The first kappa shape index (κ1) is 17.1. The van der Waals surface area contributed by atoms with E-state index in [2.05, 4.69) is 0 Å². The lowest BCUT2D eigenvalue weighted by molar-refractivity contribution is -0.0176. The third-order valence-corrected chi connectivity index (χ3v) is 4.32. The molecule has 3 rings (SSSR count). The standard InChI is InChI=1S/C19H20FNO4/c1-19(2)10-24-16-9-12(4-6-13(16)17(19)25-18(21)22)11-5-7-15(23-3)14(20)8-11/h4-9,17H,10H2,1-3H3,(H2,21,22). The Kier molecular flexibility index (Phi) is 4.29. The number of halogens is 1. The Bertz CT molecular complexity index is 819. The Morgan fingerprint density at radius 1 is 1.24 bits per heavy atom. The number of benzene rings is 2. The molecule has 1 heterocycles. The third kappa shape index (κ3) is 3.24. The van der Waals surface area contributed by atoms with Crippen molar-refractivity contribution in [3.05, 3.63) is 47.8 Å². The van der Waals surface area contributed by atoms with Crippen molar-refractivity contribution >= 4 is 6.09 Å². The lowest BCUT2D eigenvalue weighted by atomic mass is 9.80. The quantitative estimate of drug-likeness (QED) is 0.911. The van der Waals surface area contributed by atoms with Gasteiger partial charge in [-0.25, -0.2) is 9.18 Å². The molecule has 0 aromatic heterocycles. The summed E-state index contributed by atoms with van der Waals surface area (Å²) < 4.78 is 30.0. The molecule has 6 heteroatoms. The zero-order valence-electron chi connectivity index (χ0n) is 14.3. The molecule has 1 amide bonds. The Morgan fingerprint density at radius 3 is 2.56 bits per heavy atom. The Hall–Kier alpha value is -2.76. The molecule has 1 aliphatic heterocycles. The maximum Gasteiger partial charge on any atom is 0.405 e. The van der Waals surface area contributed by atoms with E-state index in [1.165, 1.54) is 13.2 Å². The lowest BCUT2D eigenvalue weighted by Gasteiger charge is -2.38. The molecule has 0 aliphatic carbocycles. The van der Waals surface area contributed by atoms with Crippen LogP contribution in [0.4, 0.5) is 9.18 Å². The van der Waals surface area contributed by atoms with Gasteiger partial charge in [-0.3, -0.25) is 0 Å². The smallest absolute Gasteiger partial charge is 0.405 e. The van der Waals surface area contributed by atoms with Crippen molar-refractivity contribution in [1.82, 2.24) is 0 Å². The highest BCUT2D eigenvalue weighted by Crippen LogP contribution is 2.46. The third-order valence-electron chi connectivity index (χ3n) is 4.32. The number of carbonyl (C=O) groups excluding carboxylic acids is 1. The molecule has 1 atom stereocenters. The van der Waals surface area contributed by atoms with E-state index < -0.39 is 23.4 Å². The van der Waals surface area contributed by atoms with Crippen LogP contribution in [0.5, 0.6) is 11.5 Å². The molecule has 25 heavy (non-hydrogen) atoms. The van der Waals surface area contributed by atoms with Gasteiger partial charge in [0.25, 0.3) is 0 Å². The second-order valence-electron chi connectivity index (χ2n) is 6.70. The summed E-state index contributed by atoms with van der Waals surface area (Å²) in [6.45, 7) is 4.25. The average molecular weight is 345 g/mol. The van der Waals surface area contributed by atoms with Crippen molar-refractivity contribution in [2.45, 2.75) is 20.0 Å². The molecule has 1 aliphatic rings. The minimum atomic E-state index is -0.827. The van der Waals surface area contributed by atoms with Crippen LogP contribution in [0.2, 0.25) is 0 Å². The molecule has 0 saturated carbocycles. The monoisotopic (exact) mass is 345 g/mol. The summed E-state index contributed by atoms with van der Waals surface area (Å²) in [7, 11) is 1.42. The van der Waals surface area contributed by atoms with Gasteiger partial charge in [0.05, 0.1) is 13.7 Å². The fourth-order valence-electron chi connectivity index (χ4n) is 3.00. The van der Waals surface area contributed by atoms with Crippen molar-refractivity contribution < 1.29 is 23.4 Å². The minimum Gasteiger partial charge on any atom is -0.494 e. The lowest BCUT2D eigenvalue weighted by Crippen LogP contribution is -2.37. The van der Waals surface area contributed by atoms with Crippen molar-refractivity contribution in [1.29, 1.82) is 0 Å². The SMILES string of the molecule is COc1ccc(-c2ccc3c(c2)OCC(C)(C)C3OC(N)=O)cc1F. The van der Waals surface area contributed by atoms with Crippen molar-refractivity contribution in [2.24, 2.45) is 11.1 Å². The molecule has 2 aromatic carbocycles. The fourth-order valence-corrected chi connectivity index (χ4v) is 3.00. The summed E-state index contributed by atoms with van der Waals surface area (Å²) in [5.74, 6) is 0.351. The Labute approximate surface area is 145 Å². The molecule has 0 bridgehead atoms. The second kappa shape index (κ2) is 6.27.